The Kier molecular flexibility index (Phi) is 7.43. The molecule has 1 aromatic carbocycles. The van der Waals surface area contributed by atoms with E-state index in [0.29, 0.717) is 0 Å². The summed E-state index contributed by atoms with van der Waals surface area (Å²) < 4.78 is 58.2. The Morgan fingerprint density at radius 1 is 1.26 bits per heavy atom. The molecule has 1 saturated carbocycles. The fourth-order valence-corrected chi connectivity index (χ4v) is 3.03. The van der Waals surface area contributed by atoms with Crippen molar-refractivity contribution >= 4 is 5.91 Å². The summed E-state index contributed by atoms with van der Waals surface area (Å²) in [6, 6.07) is 4.38. The van der Waals surface area contributed by atoms with E-state index in [4.69, 9.17) is 0 Å². The SMILES string of the molecule is CCC1([C@H](O)CC(=O)N[C@@H](COC(F)F)c2cccc(OC(F)F)c2)CC1. The average Bonchev–Trinajstić information content (AvgIpc) is 3.39. The summed E-state index contributed by atoms with van der Waals surface area (Å²) in [5.74, 6) is -0.702. The minimum absolute atomic E-state index is 0.165. The first-order valence-corrected chi connectivity index (χ1v) is 8.67. The molecule has 0 aromatic heterocycles. The predicted octanol–water partition coefficient (Wildman–Crippen LogP) is 3.63. The van der Waals surface area contributed by atoms with Crippen LogP contribution < -0.4 is 10.1 Å². The molecule has 0 saturated heterocycles. The van der Waals surface area contributed by atoms with Crippen LogP contribution in [-0.4, -0.2) is 36.9 Å². The number of rotatable bonds is 11. The largest absolute Gasteiger partial charge is 0.435 e. The van der Waals surface area contributed by atoms with Gasteiger partial charge in [-0.25, -0.2) is 0 Å². The van der Waals surface area contributed by atoms with Crippen molar-refractivity contribution in [1.82, 2.24) is 5.32 Å². The Labute approximate surface area is 154 Å². The minimum Gasteiger partial charge on any atom is -0.435 e. The van der Waals surface area contributed by atoms with Crippen LogP contribution in [0.1, 0.15) is 44.2 Å². The Bertz CT molecular complexity index is 625. The van der Waals surface area contributed by atoms with Crippen molar-refractivity contribution < 1.29 is 36.9 Å². The molecule has 1 aliphatic rings. The maximum Gasteiger partial charge on any atom is 0.387 e. The number of aliphatic hydroxyl groups excluding tert-OH is 1. The van der Waals surface area contributed by atoms with Crippen LogP contribution in [0.3, 0.4) is 0 Å². The van der Waals surface area contributed by atoms with E-state index in [-0.39, 0.29) is 23.1 Å². The molecule has 0 aliphatic heterocycles. The van der Waals surface area contributed by atoms with Gasteiger partial charge in [-0.1, -0.05) is 19.1 Å². The fraction of sp³-hybridized carbons (Fsp3) is 0.611. The van der Waals surface area contributed by atoms with Gasteiger partial charge in [-0.15, -0.1) is 0 Å². The van der Waals surface area contributed by atoms with Crippen LogP contribution in [-0.2, 0) is 9.53 Å². The van der Waals surface area contributed by atoms with Gasteiger partial charge in [0.1, 0.15) is 5.75 Å². The number of carbonyl (C=O) groups excluding carboxylic acids is 1. The van der Waals surface area contributed by atoms with Crippen molar-refractivity contribution in [3.05, 3.63) is 29.8 Å². The molecule has 27 heavy (non-hydrogen) atoms. The maximum atomic E-state index is 12.4. The molecule has 152 valence electrons. The number of hydrogen-bond acceptors (Lipinski definition) is 4. The molecule has 2 N–H and O–H groups in total. The summed E-state index contributed by atoms with van der Waals surface area (Å²) in [7, 11) is 0. The topological polar surface area (TPSA) is 67.8 Å². The van der Waals surface area contributed by atoms with E-state index in [1.54, 1.807) is 0 Å². The molecule has 0 bridgehead atoms. The van der Waals surface area contributed by atoms with E-state index in [1.807, 2.05) is 6.92 Å². The molecule has 1 fully saturated rings. The molecule has 0 unspecified atom stereocenters. The van der Waals surface area contributed by atoms with Crippen LogP contribution in [0.15, 0.2) is 24.3 Å². The summed E-state index contributed by atoms with van der Waals surface area (Å²) in [6.07, 6.45) is 1.41. The Morgan fingerprint density at radius 3 is 2.52 bits per heavy atom. The van der Waals surface area contributed by atoms with Crippen molar-refractivity contribution in [2.45, 2.75) is 58.0 Å². The molecular formula is C18H23F4NO4. The molecule has 2 rings (SSSR count). The van der Waals surface area contributed by atoms with Gasteiger partial charge in [-0.3, -0.25) is 4.79 Å². The lowest BCUT2D eigenvalue weighted by Crippen LogP contribution is -2.36. The van der Waals surface area contributed by atoms with E-state index in [9.17, 15) is 27.5 Å². The Balaban J connectivity index is 2.06. The van der Waals surface area contributed by atoms with E-state index >= 15 is 0 Å². The monoisotopic (exact) mass is 393 g/mol. The third-order valence-electron chi connectivity index (χ3n) is 4.89. The highest BCUT2D eigenvalue weighted by molar-refractivity contribution is 5.77. The van der Waals surface area contributed by atoms with Crippen molar-refractivity contribution in [2.75, 3.05) is 6.61 Å². The lowest BCUT2D eigenvalue weighted by molar-refractivity contribution is -0.139. The standard InChI is InChI=1S/C18H23F4NO4/c1-2-18(6-7-18)14(24)9-15(25)23-13(10-26-16(19)20)11-4-3-5-12(8-11)27-17(21)22/h3-5,8,13-14,16-17,24H,2,6-7,9-10H2,1H3,(H,23,25)/t13-,14+/m0/s1. The summed E-state index contributed by atoms with van der Waals surface area (Å²) in [5.41, 5.74) is 0.0189. The number of benzene rings is 1. The number of alkyl halides is 4. The highest BCUT2D eigenvalue weighted by Gasteiger charge is 2.47. The van der Waals surface area contributed by atoms with Gasteiger partial charge in [-0.05, 0) is 42.4 Å². The van der Waals surface area contributed by atoms with Gasteiger partial charge in [0.2, 0.25) is 5.91 Å². The lowest BCUT2D eigenvalue weighted by Gasteiger charge is -2.23. The predicted molar refractivity (Wildman–Crippen MR) is 88.5 cm³/mol. The van der Waals surface area contributed by atoms with Crippen molar-refractivity contribution in [3.63, 3.8) is 0 Å². The molecule has 0 radical (unpaired) electrons. The number of carbonyl (C=O) groups is 1. The Morgan fingerprint density at radius 2 is 1.96 bits per heavy atom. The fourth-order valence-electron chi connectivity index (χ4n) is 3.03. The molecular weight excluding hydrogens is 370 g/mol. The number of hydrogen-bond donors (Lipinski definition) is 2. The smallest absolute Gasteiger partial charge is 0.387 e. The first-order valence-electron chi connectivity index (χ1n) is 8.67. The van der Waals surface area contributed by atoms with Crippen LogP contribution in [0.2, 0.25) is 0 Å². The second-order valence-electron chi connectivity index (χ2n) is 6.60. The maximum absolute atomic E-state index is 12.4. The number of amides is 1. The van der Waals surface area contributed by atoms with Crippen LogP contribution >= 0.6 is 0 Å². The van der Waals surface area contributed by atoms with Crippen LogP contribution in [0, 0.1) is 5.41 Å². The van der Waals surface area contributed by atoms with Crippen molar-refractivity contribution in [1.29, 1.82) is 0 Å². The molecule has 2 atom stereocenters. The summed E-state index contributed by atoms with van der Waals surface area (Å²) in [5, 5.41) is 12.8. The van der Waals surface area contributed by atoms with Crippen LogP contribution in [0.25, 0.3) is 0 Å². The highest BCUT2D eigenvalue weighted by atomic mass is 19.3. The number of halogens is 4. The van der Waals surface area contributed by atoms with Gasteiger partial charge < -0.3 is 19.9 Å². The normalized spacial score (nSPS) is 17.6. The zero-order valence-corrected chi connectivity index (χ0v) is 14.8. The second kappa shape index (κ2) is 9.36. The van der Waals surface area contributed by atoms with Gasteiger partial charge >= 0.3 is 13.2 Å². The van der Waals surface area contributed by atoms with Crippen LogP contribution in [0.4, 0.5) is 17.6 Å². The first kappa shape index (κ1) is 21.4. The third kappa shape index (κ3) is 6.35. The van der Waals surface area contributed by atoms with Crippen LogP contribution in [0.5, 0.6) is 5.75 Å². The quantitative estimate of drug-likeness (QED) is 0.564. The second-order valence-corrected chi connectivity index (χ2v) is 6.60. The first-order chi connectivity index (χ1) is 12.8. The lowest BCUT2D eigenvalue weighted by atomic mass is 9.93. The molecule has 9 heteroatoms. The summed E-state index contributed by atoms with van der Waals surface area (Å²) in [4.78, 5) is 12.3. The van der Waals surface area contributed by atoms with Crippen molar-refractivity contribution in [3.8, 4) is 5.75 Å². The average molecular weight is 393 g/mol. The van der Waals surface area contributed by atoms with Gasteiger partial charge in [0.05, 0.1) is 25.2 Å². The molecule has 1 aliphatic carbocycles. The molecule has 1 aromatic rings. The zero-order chi connectivity index (χ0) is 20.0. The van der Waals surface area contributed by atoms with E-state index in [2.05, 4.69) is 14.8 Å². The van der Waals surface area contributed by atoms with E-state index in [0.717, 1.165) is 19.3 Å². The summed E-state index contributed by atoms with van der Waals surface area (Å²) >= 11 is 0. The summed E-state index contributed by atoms with van der Waals surface area (Å²) in [6.45, 7) is -4.71. The van der Waals surface area contributed by atoms with Gasteiger partial charge in [0, 0.05) is 0 Å². The third-order valence-corrected chi connectivity index (χ3v) is 4.89. The number of nitrogens with one attached hydrogen (secondary N) is 1. The van der Waals surface area contributed by atoms with Gasteiger partial charge in [0.25, 0.3) is 0 Å². The number of ether oxygens (including phenoxy) is 2. The zero-order valence-electron chi connectivity index (χ0n) is 14.8. The molecule has 0 spiro atoms. The van der Waals surface area contributed by atoms with Gasteiger partial charge in [0.15, 0.2) is 0 Å². The van der Waals surface area contributed by atoms with E-state index in [1.165, 1.54) is 24.3 Å². The van der Waals surface area contributed by atoms with Crippen molar-refractivity contribution in [2.24, 2.45) is 5.41 Å². The van der Waals surface area contributed by atoms with Gasteiger partial charge in [-0.2, -0.15) is 17.6 Å². The minimum atomic E-state index is -3.05. The number of aliphatic hydroxyl groups is 1. The molecule has 1 amide bonds. The molecule has 0 heterocycles. The Hall–Kier alpha value is -1.87. The molecule has 5 nitrogen and oxygen atoms in total. The van der Waals surface area contributed by atoms with E-state index < -0.39 is 37.9 Å². The highest BCUT2D eigenvalue weighted by Crippen LogP contribution is 2.52.